The predicted octanol–water partition coefficient (Wildman–Crippen LogP) is 2.71. The van der Waals surface area contributed by atoms with Gasteiger partial charge in [-0.25, -0.2) is 0 Å². The highest BCUT2D eigenvalue weighted by Gasteiger charge is 2.31. The van der Waals surface area contributed by atoms with Gasteiger partial charge < -0.3 is 4.74 Å². The van der Waals surface area contributed by atoms with Crippen LogP contribution in [0.2, 0.25) is 0 Å². The van der Waals surface area contributed by atoms with Crippen LogP contribution < -0.4 is 4.74 Å². The molecule has 0 N–H and O–H groups in total. The Kier molecular flexibility index (Phi) is 3.97. The Bertz CT molecular complexity index is 406. The Labute approximate surface area is 97.0 Å². The zero-order valence-electron chi connectivity index (χ0n) is 9.32. The summed E-state index contributed by atoms with van der Waals surface area (Å²) in [6, 6.07) is 6.82. The van der Waals surface area contributed by atoms with Gasteiger partial charge in [0.1, 0.15) is 11.8 Å². The first kappa shape index (κ1) is 13.3. The highest BCUT2D eigenvalue weighted by Crippen LogP contribution is 2.25. The van der Waals surface area contributed by atoms with Crippen molar-refractivity contribution in [3.8, 4) is 11.8 Å². The molecule has 1 aromatic rings. The summed E-state index contributed by atoms with van der Waals surface area (Å²) in [5.74, 6) is -0.295. The van der Waals surface area contributed by atoms with Crippen molar-refractivity contribution in [2.45, 2.75) is 12.4 Å². The Morgan fingerprint density at radius 1 is 1.24 bits per heavy atom. The van der Waals surface area contributed by atoms with Crippen LogP contribution in [0.3, 0.4) is 0 Å². The number of alkyl halides is 3. The molecule has 0 aliphatic carbocycles. The van der Waals surface area contributed by atoms with E-state index >= 15 is 0 Å². The highest BCUT2D eigenvalue weighted by molar-refractivity contribution is 5.31. The first-order valence-corrected chi connectivity index (χ1v) is 4.75. The molecule has 0 bridgehead atoms. The van der Waals surface area contributed by atoms with Crippen LogP contribution in [0.15, 0.2) is 24.3 Å². The lowest BCUT2D eigenvalue weighted by Gasteiger charge is -2.17. The minimum absolute atomic E-state index is 0.295. The largest absolute Gasteiger partial charge is 0.573 e. The van der Waals surface area contributed by atoms with Gasteiger partial charge in [-0.15, -0.1) is 13.2 Å². The summed E-state index contributed by atoms with van der Waals surface area (Å²) < 4.78 is 39.5. The van der Waals surface area contributed by atoms with E-state index in [1.807, 2.05) is 6.07 Å². The number of benzene rings is 1. The monoisotopic (exact) mass is 244 g/mol. The standard InChI is InChI=1S/C11H11F3N2O/c1-16(2)10(7-15)8-3-5-9(6-4-8)17-11(12,13)14/h3-6,10H,1-2H3/t10-/m1/s1. The third-order valence-electron chi connectivity index (χ3n) is 2.07. The molecule has 0 amide bonds. The third-order valence-corrected chi connectivity index (χ3v) is 2.07. The van der Waals surface area contributed by atoms with Crippen molar-refractivity contribution in [2.75, 3.05) is 14.1 Å². The molecule has 1 atom stereocenters. The number of nitrogens with zero attached hydrogens (tertiary/aromatic N) is 2. The highest BCUT2D eigenvalue weighted by atomic mass is 19.4. The fraction of sp³-hybridized carbons (Fsp3) is 0.364. The molecular formula is C11H11F3N2O. The SMILES string of the molecule is CN(C)[C@H](C#N)c1ccc(OC(F)(F)F)cc1. The number of hydrogen-bond donors (Lipinski definition) is 0. The van der Waals surface area contributed by atoms with Crippen LogP contribution in [0.25, 0.3) is 0 Å². The molecule has 0 saturated carbocycles. The van der Waals surface area contributed by atoms with E-state index in [1.54, 1.807) is 19.0 Å². The maximum atomic E-state index is 11.9. The summed E-state index contributed by atoms with van der Waals surface area (Å²) in [4.78, 5) is 1.67. The van der Waals surface area contributed by atoms with Crippen LogP contribution in [-0.4, -0.2) is 25.4 Å². The van der Waals surface area contributed by atoms with Crippen LogP contribution in [0.1, 0.15) is 11.6 Å². The summed E-state index contributed by atoms with van der Waals surface area (Å²) in [7, 11) is 3.43. The van der Waals surface area contributed by atoms with Crippen LogP contribution in [0, 0.1) is 11.3 Å². The lowest BCUT2D eigenvalue weighted by Crippen LogP contribution is -2.19. The minimum Gasteiger partial charge on any atom is -0.406 e. The van der Waals surface area contributed by atoms with Crippen molar-refractivity contribution in [1.29, 1.82) is 5.26 Å². The summed E-state index contributed by atoms with van der Waals surface area (Å²) in [5, 5.41) is 8.90. The Balaban J connectivity index is 2.85. The molecule has 0 saturated heterocycles. The van der Waals surface area contributed by atoms with Gasteiger partial charge in [-0.3, -0.25) is 4.90 Å². The maximum Gasteiger partial charge on any atom is 0.573 e. The molecule has 1 aromatic carbocycles. The van der Waals surface area contributed by atoms with Crippen molar-refractivity contribution in [3.05, 3.63) is 29.8 Å². The number of hydrogen-bond acceptors (Lipinski definition) is 3. The van der Waals surface area contributed by atoms with E-state index in [4.69, 9.17) is 5.26 Å². The van der Waals surface area contributed by atoms with Crippen molar-refractivity contribution in [1.82, 2.24) is 4.90 Å². The fourth-order valence-corrected chi connectivity index (χ4v) is 1.34. The summed E-state index contributed by atoms with van der Waals surface area (Å²) >= 11 is 0. The number of halogens is 3. The Morgan fingerprint density at radius 3 is 2.12 bits per heavy atom. The van der Waals surface area contributed by atoms with Gasteiger partial charge in [-0.05, 0) is 31.8 Å². The van der Waals surface area contributed by atoms with Gasteiger partial charge in [-0.1, -0.05) is 12.1 Å². The molecule has 0 aromatic heterocycles. The van der Waals surface area contributed by atoms with Gasteiger partial charge in [0, 0.05) is 0 Å². The first-order valence-electron chi connectivity index (χ1n) is 4.75. The second kappa shape index (κ2) is 5.06. The van der Waals surface area contributed by atoms with E-state index in [1.165, 1.54) is 24.3 Å². The van der Waals surface area contributed by atoms with E-state index < -0.39 is 12.4 Å². The van der Waals surface area contributed by atoms with Gasteiger partial charge in [0.25, 0.3) is 0 Å². The zero-order valence-corrected chi connectivity index (χ0v) is 9.32. The van der Waals surface area contributed by atoms with E-state index in [2.05, 4.69) is 4.74 Å². The average Bonchev–Trinajstić information content (AvgIpc) is 2.18. The molecule has 0 radical (unpaired) electrons. The van der Waals surface area contributed by atoms with E-state index in [0.717, 1.165) is 0 Å². The number of rotatable bonds is 3. The van der Waals surface area contributed by atoms with Gasteiger partial charge in [0.2, 0.25) is 0 Å². The van der Waals surface area contributed by atoms with E-state index in [9.17, 15) is 13.2 Å². The molecule has 17 heavy (non-hydrogen) atoms. The van der Waals surface area contributed by atoms with Crippen LogP contribution in [-0.2, 0) is 0 Å². The molecule has 1 rings (SSSR count). The maximum absolute atomic E-state index is 11.9. The van der Waals surface area contributed by atoms with Gasteiger partial charge in [0.05, 0.1) is 6.07 Å². The van der Waals surface area contributed by atoms with Gasteiger partial charge in [-0.2, -0.15) is 5.26 Å². The van der Waals surface area contributed by atoms with Crippen molar-refractivity contribution in [3.63, 3.8) is 0 Å². The second-order valence-corrected chi connectivity index (χ2v) is 3.61. The summed E-state index contributed by atoms with van der Waals surface area (Å²) in [5.41, 5.74) is 0.618. The summed E-state index contributed by atoms with van der Waals surface area (Å²) in [6.45, 7) is 0. The molecule has 92 valence electrons. The van der Waals surface area contributed by atoms with Crippen LogP contribution in [0.5, 0.6) is 5.75 Å². The molecule has 0 spiro atoms. The molecule has 3 nitrogen and oxygen atoms in total. The van der Waals surface area contributed by atoms with Crippen LogP contribution >= 0.6 is 0 Å². The molecule has 6 heteroatoms. The number of nitriles is 1. The topological polar surface area (TPSA) is 36.3 Å². The van der Waals surface area contributed by atoms with Crippen molar-refractivity contribution >= 4 is 0 Å². The lowest BCUT2D eigenvalue weighted by atomic mass is 10.1. The fourth-order valence-electron chi connectivity index (χ4n) is 1.34. The normalized spacial score (nSPS) is 13.2. The van der Waals surface area contributed by atoms with Crippen molar-refractivity contribution < 1.29 is 17.9 Å². The number of ether oxygens (including phenoxy) is 1. The second-order valence-electron chi connectivity index (χ2n) is 3.61. The van der Waals surface area contributed by atoms with Crippen molar-refractivity contribution in [2.24, 2.45) is 0 Å². The zero-order chi connectivity index (χ0) is 13.1. The predicted molar refractivity (Wildman–Crippen MR) is 55.2 cm³/mol. The molecule has 0 aliphatic heterocycles. The Hall–Kier alpha value is -1.74. The van der Waals surface area contributed by atoms with Gasteiger partial charge >= 0.3 is 6.36 Å². The third kappa shape index (κ3) is 3.96. The Morgan fingerprint density at radius 2 is 1.76 bits per heavy atom. The minimum atomic E-state index is -4.70. The average molecular weight is 244 g/mol. The van der Waals surface area contributed by atoms with E-state index in [-0.39, 0.29) is 5.75 Å². The lowest BCUT2D eigenvalue weighted by molar-refractivity contribution is -0.274. The summed E-state index contributed by atoms with van der Waals surface area (Å²) in [6.07, 6.45) is -4.70. The quantitative estimate of drug-likeness (QED) is 0.820. The first-order chi connectivity index (χ1) is 7.83. The molecule has 0 unspecified atom stereocenters. The van der Waals surface area contributed by atoms with E-state index in [0.29, 0.717) is 5.56 Å². The molecule has 0 heterocycles. The van der Waals surface area contributed by atoms with Crippen LogP contribution in [0.4, 0.5) is 13.2 Å². The molecule has 0 fully saturated rings. The van der Waals surface area contributed by atoms with Gasteiger partial charge in [0.15, 0.2) is 0 Å². The molecule has 0 aliphatic rings. The molecular weight excluding hydrogens is 233 g/mol. The smallest absolute Gasteiger partial charge is 0.406 e.